The molecule has 0 spiro atoms. The summed E-state index contributed by atoms with van der Waals surface area (Å²) in [5, 5.41) is 12.2. The molecule has 5 nitrogen and oxygen atoms in total. The molecule has 1 aromatic carbocycles. The van der Waals surface area contributed by atoms with Crippen molar-refractivity contribution in [3.05, 3.63) is 35.4 Å². The summed E-state index contributed by atoms with van der Waals surface area (Å²) in [4.78, 5) is 2.43. The molecule has 1 aliphatic carbocycles. The maximum absolute atomic E-state index is 12.7. The monoisotopic (exact) mass is 383 g/mol. The van der Waals surface area contributed by atoms with Crippen LogP contribution < -0.4 is 0 Å². The molecule has 2 aliphatic rings. The van der Waals surface area contributed by atoms with Gasteiger partial charge in [0.25, 0.3) is 0 Å². The highest BCUT2D eigenvalue weighted by Gasteiger charge is 2.60. The molecule has 1 aliphatic heterocycles. The summed E-state index contributed by atoms with van der Waals surface area (Å²) in [6.45, 7) is 2.98. The summed E-state index contributed by atoms with van der Waals surface area (Å²) < 4.78 is 39.9. The van der Waals surface area contributed by atoms with E-state index in [0.29, 0.717) is 5.92 Å². The summed E-state index contributed by atoms with van der Waals surface area (Å²) in [6, 6.07) is 5.77. The molecule has 2 heterocycles. The van der Waals surface area contributed by atoms with Gasteiger partial charge in [0.1, 0.15) is 0 Å². The number of alkyl halides is 3. The van der Waals surface area contributed by atoms with E-state index in [4.69, 9.17) is 0 Å². The molecule has 2 aromatic rings. The van der Waals surface area contributed by atoms with Gasteiger partial charge in [-0.25, -0.2) is 4.68 Å². The molecule has 1 unspecified atom stereocenters. The number of likely N-dealkylation sites (tertiary alicyclic amines) is 1. The number of thioether (sulfide) groups is 1. The molecule has 4 rings (SSSR count). The smallest absolute Gasteiger partial charge is 0.302 e. The minimum absolute atomic E-state index is 0.0742. The summed E-state index contributed by atoms with van der Waals surface area (Å²) in [5.74, 6) is 1.53. The number of halogens is 3. The van der Waals surface area contributed by atoms with E-state index >= 15 is 0 Å². The summed E-state index contributed by atoms with van der Waals surface area (Å²) >= 11 is 1.64. The number of tetrazole rings is 1. The quantitative estimate of drug-likeness (QED) is 0.567. The van der Waals surface area contributed by atoms with Crippen molar-refractivity contribution in [1.82, 2.24) is 25.1 Å². The Morgan fingerprint density at radius 2 is 2.04 bits per heavy atom. The van der Waals surface area contributed by atoms with Crippen LogP contribution in [0.4, 0.5) is 13.2 Å². The van der Waals surface area contributed by atoms with E-state index in [1.165, 1.54) is 12.1 Å². The molecule has 1 aromatic heterocycles. The minimum atomic E-state index is -4.27. The van der Waals surface area contributed by atoms with Crippen molar-refractivity contribution in [2.24, 2.45) is 13.0 Å². The Morgan fingerprint density at radius 3 is 2.69 bits per heavy atom. The van der Waals surface area contributed by atoms with Gasteiger partial charge in [0, 0.05) is 31.3 Å². The number of aryl methyl sites for hydroxylation is 1. The lowest BCUT2D eigenvalue weighted by Gasteiger charge is -2.21. The Morgan fingerprint density at radius 1 is 1.27 bits per heavy atom. The van der Waals surface area contributed by atoms with Gasteiger partial charge in [-0.15, -0.1) is 5.10 Å². The van der Waals surface area contributed by atoms with E-state index in [1.54, 1.807) is 28.6 Å². The van der Waals surface area contributed by atoms with Crippen LogP contribution in [0, 0.1) is 5.92 Å². The third-order valence-electron chi connectivity index (χ3n) is 5.43. The highest BCUT2D eigenvalue weighted by Crippen LogP contribution is 2.59. The van der Waals surface area contributed by atoms with Crippen LogP contribution in [0.3, 0.4) is 0 Å². The maximum atomic E-state index is 12.7. The second kappa shape index (κ2) is 6.53. The predicted octanol–water partition coefficient (Wildman–Crippen LogP) is 2.98. The number of hydrogen-bond acceptors (Lipinski definition) is 5. The van der Waals surface area contributed by atoms with Crippen molar-refractivity contribution in [2.75, 3.05) is 25.4 Å². The van der Waals surface area contributed by atoms with Crippen LogP contribution in [0.1, 0.15) is 24.0 Å². The van der Waals surface area contributed by atoms with Crippen LogP contribution in [-0.4, -0.2) is 50.5 Å². The fourth-order valence-electron chi connectivity index (χ4n) is 3.99. The second-order valence-electron chi connectivity index (χ2n) is 7.15. The van der Waals surface area contributed by atoms with Gasteiger partial charge in [-0.1, -0.05) is 23.9 Å². The van der Waals surface area contributed by atoms with Gasteiger partial charge in [-0.05, 0) is 53.4 Å². The molecule has 140 valence electrons. The van der Waals surface area contributed by atoms with E-state index < -0.39 is 11.7 Å². The van der Waals surface area contributed by atoms with Crippen molar-refractivity contribution in [1.29, 1.82) is 0 Å². The number of piperidine rings is 1. The Hall–Kier alpha value is -1.61. The van der Waals surface area contributed by atoms with Crippen molar-refractivity contribution in [2.45, 2.75) is 29.6 Å². The van der Waals surface area contributed by atoms with Crippen LogP contribution in [0.25, 0.3) is 0 Å². The lowest BCUT2D eigenvalue weighted by molar-refractivity contribution is -0.137. The lowest BCUT2D eigenvalue weighted by atomic mass is 9.94. The van der Waals surface area contributed by atoms with Crippen LogP contribution >= 0.6 is 11.8 Å². The van der Waals surface area contributed by atoms with Gasteiger partial charge in [-0.2, -0.15) is 13.2 Å². The van der Waals surface area contributed by atoms with E-state index in [-0.39, 0.29) is 5.41 Å². The first kappa shape index (κ1) is 17.8. The molecular weight excluding hydrogens is 363 g/mol. The zero-order valence-electron chi connectivity index (χ0n) is 14.4. The van der Waals surface area contributed by atoms with Gasteiger partial charge >= 0.3 is 6.18 Å². The zero-order valence-corrected chi connectivity index (χ0v) is 15.2. The van der Waals surface area contributed by atoms with Crippen LogP contribution in [0.15, 0.2) is 29.4 Å². The SMILES string of the molecule is Cn1nnnc1SCCCN1CC2C[C@]2(c2ccc(C(F)(F)F)cc2)C1. The molecule has 9 heteroatoms. The molecule has 0 bridgehead atoms. The summed E-state index contributed by atoms with van der Waals surface area (Å²) in [5.41, 5.74) is 0.558. The fraction of sp³-hybridized carbons (Fsp3) is 0.588. The average molecular weight is 383 g/mol. The third kappa shape index (κ3) is 3.34. The zero-order chi connectivity index (χ0) is 18.4. The minimum Gasteiger partial charge on any atom is -0.302 e. The van der Waals surface area contributed by atoms with Crippen molar-refractivity contribution >= 4 is 11.8 Å². The Kier molecular flexibility index (Phi) is 4.46. The maximum Gasteiger partial charge on any atom is 0.416 e. The molecule has 1 saturated carbocycles. The average Bonchev–Trinajstić information content (AvgIpc) is 2.95. The largest absolute Gasteiger partial charge is 0.416 e. The van der Waals surface area contributed by atoms with E-state index in [0.717, 1.165) is 48.9 Å². The van der Waals surface area contributed by atoms with Crippen molar-refractivity contribution in [3.63, 3.8) is 0 Å². The molecule has 2 fully saturated rings. The molecule has 0 amide bonds. The second-order valence-corrected chi connectivity index (χ2v) is 8.22. The molecule has 0 radical (unpaired) electrons. The molecule has 0 N–H and O–H groups in total. The Balaban J connectivity index is 1.29. The first-order valence-electron chi connectivity index (χ1n) is 8.64. The topological polar surface area (TPSA) is 46.8 Å². The third-order valence-corrected chi connectivity index (χ3v) is 6.53. The van der Waals surface area contributed by atoms with E-state index in [2.05, 4.69) is 20.4 Å². The summed E-state index contributed by atoms with van der Waals surface area (Å²) in [7, 11) is 1.82. The number of aromatic nitrogens is 4. The number of rotatable bonds is 6. The summed E-state index contributed by atoms with van der Waals surface area (Å²) in [6.07, 6.45) is -2.14. The number of fused-ring (bicyclic) bond motifs is 1. The first-order valence-corrected chi connectivity index (χ1v) is 9.62. The Labute approximate surface area is 153 Å². The fourth-order valence-corrected chi connectivity index (χ4v) is 4.76. The van der Waals surface area contributed by atoms with Gasteiger partial charge in [0.05, 0.1) is 5.56 Å². The predicted molar refractivity (Wildman–Crippen MR) is 91.8 cm³/mol. The number of hydrogen-bond donors (Lipinski definition) is 0. The lowest BCUT2D eigenvalue weighted by Crippen LogP contribution is -2.28. The molecule has 2 atom stereocenters. The number of nitrogens with zero attached hydrogens (tertiary/aromatic N) is 5. The molecular formula is C17H20F3N5S. The van der Waals surface area contributed by atoms with Gasteiger partial charge in [0.2, 0.25) is 5.16 Å². The van der Waals surface area contributed by atoms with E-state index in [1.807, 2.05) is 7.05 Å². The Bertz CT molecular complexity index is 775. The normalized spacial score (nSPS) is 25.5. The van der Waals surface area contributed by atoms with Gasteiger partial charge < -0.3 is 4.90 Å². The van der Waals surface area contributed by atoms with Crippen molar-refractivity contribution < 1.29 is 13.2 Å². The van der Waals surface area contributed by atoms with Gasteiger partial charge in [-0.3, -0.25) is 0 Å². The molecule has 26 heavy (non-hydrogen) atoms. The highest BCUT2D eigenvalue weighted by atomic mass is 32.2. The van der Waals surface area contributed by atoms with Gasteiger partial charge in [0.15, 0.2) is 0 Å². The first-order chi connectivity index (χ1) is 12.4. The highest BCUT2D eigenvalue weighted by molar-refractivity contribution is 7.99. The standard InChI is InChI=1S/C17H20F3N5S/c1-24-15(21-22-23-24)26-8-2-7-25-10-14-9-16(14,11-25)12-3-5-13(6-4-12)17(18,19)20/h3-6,14H,2,7-11H2,1H3/t14?,16-/m1/s1. The van der Waals surface area contributed by atoms with Crippen LogP contribution in [0.5, 0.6) is 0 Å². The number of benzene rings is 1. The van der Waals surface area contributed by atoms with E-state index in [9.17, 15) is 13.2 Å². The molecule has 1 saturated heterocycles. The van der Waals surface area contributed by atoms with Crippen LogP contribution in [-0.2, 0) is 18.6 Å². The van der Waals surface area contributed by atoms with Crippen molar-refractivity contribution in [3.8, 4) is 0 Å². The van der Waals surface area contributed by atoms with Crippen LogP contribution in [0.2, 0.25) is 0 Å².